The highest BCUT2D eigenvalue weighted by Crippen LogP contribution is 2.15. The van der Waals surface area contributed by atoms with Crippen LogP contribution in [0.1, 0.15) is 18.5 Å². The molecule has 1 aliphatic heterocycles. The average molecular weight is 236 g/mol. The van der Waals surface area contributed by atoms with Crippen LogP contribution in [0.4, 0.5) is 0 Å². The lowest BCUT2D eigenvalue weighted by Crippen LogP contribution is -2.42. The quantitative estimate of drug-likeness (QED) is 0.855. The van der Waals surface area contributed by atoms with Gasteiger partial charge >= 0.3 is 0 Å². The van der Waals surface area contributed by atoms with Crippen LogP contribution < -0.4 is 5.73 Å². The fourth-order valence-corrected chi connectivity index (χ4v) is 3.04. The average Bonchev–Trinajstić information content (AvgIpc) is 2.77. The smallest absolute Gasteiger partial charge is 0.193 e. The maximum Gasteiger partial charge on any atom is 0.193 e. The molecule has 1 unspecified atom stereocenters. The third-order valence-electron chi connectivity index (χ3n) is 3.07. The molecule has 1 aliphatic rings. The minimum absolute atomic E-state index is 0.345. The minimum atomic E-state index is 0.345. The van der Waals surface area contributed by atoms with Crippen LogP contribution in [-0.2, 0) is 6.54 Å². The molecule has 4 nitrogen and oxygen atoms in total. The zero-order valence-electron chi connectivity index (χ0n) is 9.17. The molecule has 0 aromatic carbocycles. The molecule has 1 atom stereocenters. The lowest BCUT2D eigenvalue weighted by Gasteiger charge is -2.29. The highest BCUT2D eigenvalue weighted by Gasteiger charge is 2.17. The van der Waals surface area contributed by atoms with Gasteiger partial charge in [-0.3, -0.25) is 9.30 Å². The van der Waals surface area contributed by atoms with Gasteiger partial charge in [-0.25, -0.2) is 4.98 Å². The van der Waals surface area contributed by atoms with Gasteiger partial charge in [-0.2, -0.15) is 0 Å². The van der Waals surface area contributed by atoms with Gasteiger partial charge in [0.15, 0.2) is 4.96 Å². The van der Waals surface area contributed by atoms with Crippen molar-refractivity contribution in [2.45, 2.75) is 25.4 Å². The lowest BCUT2D eigenvalue weighted by molar-refractivity contribution is 0.200. The summed E-state index contributed by atoms with van der Waals surface area (Å²) < 4.78 is 2.09. The van der Waals surface area contributed by atoms with Gasteiger partial charge in [0.05, 0.1) is 5.69 Å². The SMILES string of the molecule is NC1CCCN(Cc2cn3ccsc3n2)C1. The van der Waals surface area contributed by atoms with Crippen LogP contribution in [0.25, 0.3) is 4.96 Å². The van der Waals surface area contributed by atoms with E-state index in [4.69, 9.17) is 5.73 Å². The van der Waals surface area contributed by atoms with Crippen LogP contribution in [0.5, 0.6) is 0 Å². The summed E-state index contributed by atoms with van der Waals surface area (Å²) >= 11 is 1.68. The van der Waals surface area contributed by atoms with Gasteiger partial charge in [-0.15, -0.1) is 11.3 Å². The molecule has 2 aromatic rings. The Hall–Kier alpha value is -0.910. The molecular weight excluding hydrogens is 220 g/mol. The van der Waals surface area contributed by atoms with Crippen molar-refractivity contribution in [2.24, 2.45) is 5.73 Å². The van der Waals surface area contributed by atoms with Crippen LogP contribution in [-0.4, -0.2) is 33.4 Å². The van der Waals surface area contributed by atoms with E-state index >= 15 is 0 Å². The van der Waals surface area contributed by atoms with E-state index in [1.807, 2.05) is 0 Å². The molecule has 3 rings (SSSR count). The van der Waals surface area contributed by atoms with Gasteiger partial charge in [0.1, 0.15) is 0 Å². The fraction of sp³-hybridized carbons (Fsp3) is 0.545. The molecule has 86 valence electrons. The van der Waals surface area contributed by atoms with Gasteiger partial charge in [-0.1, -0.05) is 0 Å². The molecule has 2 N–H and O–H groups in total. The summed E-state index contributed by atoms with van der Waals surface area (Å²) in [6.07, 6.45) is 6.54. The Morgan fingerprint density at radius 2 is 2.50 bits per heavy atom. The molecule has 1 fully saturated rings. The molecule has 0 aliphatic carbocycles. The maximum atomic E-state index is 5.97. The number of piperidine rings is 1. The summed E-state index contributed by atoms with van der Waals surface area (Å²) in [6.45, 7) is 3.09. The van der Waals surface area contributed by atoms with Crippen LogP contribution in [0.15, 0.2) is 17.8 Å². The number of aromatic nitrogens is 2. The minimum Gasteiger partial charge on any atom is -0.327 e. The molecule has 0 spiro atoms. The van der Waals surface area contributed by atoms with E-state index in [-0.39, 0.29) is 0 Å². The number of nitrogens with zero attached hydrogens (tertiary/aromatic N) is 3. The van der Waals surface area contributed by atoms with Crippen molar-refractivity contribution in [1.82, 2.24) is 14.3 Å². The molecular formula is C11H16N4S. The van der Waals surface area contributed by atoms with E-state index in [9.17, 15) is 0 Å². The van der Waals surface area contributed by atoms with Crippen LogP contribution >= 0.6 is 11.3 Å². The Labute approximate surface area is 98.7 Å². The number of rotatable bonds is 2. The number of hydrogen-bond donors (Lipinski definition) is 1. The van der Waals surface area contributed by atoms with Crippen molar-refractivity contribution in [3.05, 3.63) is 23.5 Å². The zero-order valence-corrected chi connectivity index (χ0v) is 9.99. The van der Waals surface area contributed by atoms with Crippen molar-refractivity contribution in [1.29, 1.82) is 0 Å². The zero-order chi connectivity index (χ0) is 11.0. The second-order valence-electron chi connectivity index (χ2n) is 4.46. The van der Waals surface area contributed by atoms with Gasteiger partial charge in [0.2, 0.25) is 0 Å². The number of likely N-dealkylation sites (tertiary alicyclic amines) is 1. The molecule has 2 aromatic heterocycles. The summed E-state index contributed by atoms with van der Waals surface area (Å²) in [4.78, 5) is 8.07. The Bertz CT molecular complexity index is 446. The van der Waals surface area contributed by atoms with Crippen LogP contribution in [0.3, 0.4) is 0 Å². The third-order valence-corrected chi connectivity index (χ3v) is 3.84. The molecule has 0 amide bonds. The van der Waals surface area contributed by atoms with E-state index in [1.165, 1.54) is 6.42 Å². The van der Waals surface area contributed by atoms with Crippen molar-refractivity contribution in [3.8, 4) is 0 Å². The van der Waals surface area contributed by atoms with Gasteiger partial charge in [-0.05, 0) is 19.4 Å². The Morgan fingerprint density at radius 1 is 1.56 bits per heavy atom. The van der Waals surface area contributed by atoms with Crippen LogP contribution in [0, 0.1) is 0 Å². The first-order valence-electron chi connectivity index (χ1n) is 5.70. The molecule has 0 radical (unpaired) electrons. The molecule has 16 heavy (non-hydrogen) atoms. The monoisotopic (exact) mass is 236 g/mol. The predicted molar refractivity (Wildman–Crippen MR) is 65.6 cm³/mol. The maximum absolute atomic E-state index is 5.97. The summed E-state index contributed by atoms with van der Waals surface area (Å²) in [5.41, 5.74) is 7.12. The first-order chi connectivity index (χ1) is 7.81. The van der Waals surface area contributed by atoms with E-state index in [2.05, 4.69) is 32.1 Å². The third kappa shape index (κ3) is 1.98. The largest absolute Gasteiger partial charge is 0.327 e. The number of nitrogens with two attached hydrogens (primary N) is 1. The van der Waals surface area contributed by atoms with E-state index in [0.717, 1.165) is 36.7 Å². The topological polar surface area (TPSA) is 46.6 Å². The molecule has 0 bridgehead atoms. The van der Waals surface area contributed by atoms with Gasteiger partial charge in [0.25, 0.3) is 0 Å². The predicted octanol–water partition coefficient (Wildman–Crippen LogP) is 1.32. The number of thiazole rings is 1. The molecule has 5 heteroatoms. The van der Waals surface area contributed by atoms with Gasteiger partial charge in [0, 0.05) is 36.9 Å². The van der Waals surface area contributed by atoms with Crippen molar-refractivity contribution in [3.63, 3.8) is 0 Å². The number of imidazole rings is 1. The lowest BCUT2D eigenvalue weighted by atomic mass is 10.1. The number of hydrogen-bond acceptors (Lipinski definition) is 4. The first kappa shape index (κ1) is 10.3. The van der Waals surface area contributed by atoms with Crippen molar-refractivity contribution in [2.75, 3.05) is 13.1 Å². The van der Waals surface area contributed by atoms with E-state index in [0.29, 0.717) is 6.04 Å². The Kier molecular flexibility index (Phi) is 2.67. The molecule has 0 saturated carbocycles. The fourth-order valence-electron chi connectivity index (χ4n) is 2.32. The van der Waals surface area contributed by atoms with Crippen LogP contribution in [0.2, 0.25) is 0 Å². The number of fused-ring (bicyclic) bond motifs is 1. The summed E-state index contributed by atoms with van der Waals surface area (Å²) in [5, 5.41) is 2.06. The standard InChI is InChI=1S/C11H16N4S/c12-9-2-1-3-14(6-9)7-10-8-15-4-5-16-11(15)13-10/h4-5,8-9H,1-3,6-7,12H2. The summed E-state index contributed by atoms with van der Waals surface area (Å²) in [7, 11) is 0. The highest BCUT2D eigenvalue weighted by atomic mass is 32.1. The van der Waals surface area contributed by atoms with E-state index < -0.39 is 0 Å². The van der Waals surface area contributed by atoms with Gasteiger partial charge < -0.3 is 5.73 Å². The Balaban J connectivity index is 1.71. The Morgan fingerprint density at radius 3 is 3.31 bits per heavy atom. The van der Waals surface area contributed by atoms with Crippen molar-refractivity contribution >= 4 is 16.3 Å². The second kappa shape index (κ2) is 4.16. The van der Waals surface area contributed by atoms with Crippen molar-refractivity contribution < 1.29 is 0 Å². The first-order valence-corrected chi connectivity index (χ1v) is 6.58. The molecule has 1 saturated heterocycles. The molecule has 3 heterocycles. The summed E-state index contributed by atoms with van der Waals surface area (Å²) in [6, 6.07) is 0.345. The normalized spacial score (nSPS) is 22.9. The van der Waals surface area contributed by atoms with E-state index in [1.54, 1.807) is 11.3 Å². The summed E-state index contributed by atoms with van der Waals surface area (Å²) in [5.74, 6) is 0. The highest BCUT2D eigenvalue weighted by molar-refractivity contribution is 7.15. The second-order valence-corrected chi connectivity index (χ2v) is 5.34.